The summed E-state index contributed by atoms with van der Waals surface area (Å²) in [7, 11) is 0. The number of esters is 1. The highest BCUT2D eigenvalue weighted by molar-refractivity contribution is 5.79. The molecular formula is C20H28O3. The normalized spacial score (nSPS) is 21.7. The average molecular weight is 316 g/mol. The van der Waals surface area contributed by atoms with Crippen molar-refractivity contribution in [2.24, 2.45) is 10.8 Å². The zero-order chi connectivity index (χ0) is 17.1. The molecule has 1 aromatic rings. The summed E-state index contributed by atoms with van der Waals surface area (Å²) >= 11 is 0. The van der Waals surface area contributed by atoms with Gasteiger partial charge in [0.15, 0.2) is 0 Å². The summed E-state index contributed by atoms with van der Waals surface area (Å²) in [6.07, 6.45) is 3.62. The minimum atomic E-state index is -0.357. The molecule has 23 heavy (non-hydrogen) atoms. The standard InChI is InChI=1S/C20H28O3/c1-5-20(6-2)14-17(23-18(20)22)19(3,4)16(12-13-21)15-10-8-7-9-11-15/h7-11,13,16-17H,5-6,12,14H2,1-4H3/t16-,17?/m1/s1. The number of hydrogen-bond acceptors (Lipinski definition) is 3. The maximum Gasteiger partial charge on any atom is 0.312 e. The number of ether oxygens (including phenoxy) is 1. The van der Waals surface area contributed by atoms with Crippen LogP contribution in [0.1, 0.15) is 64.9 Å². The number of rotatable bonds is 7. The topological polar surface area (TPSA) is 43.4 Å². The first-order chi connectivity index (χ1) is 10.9. The zero-order valence-corrected chi connectivity index (χ0v) is 14.7. The largest absolute Gasteiger partial charge is 0.461 e. The summed E-state index contributed by atoms with van der Waals surface area (Å²) in [4.78, 5) is 23.7. The van der Waals surface area contributed by atoms with Gasteiger partial charge in [-0.1, -0.05) is 58.0 Å². The van der Waals surface area contributed by atoms with E-state index in [1.807, 2.05) is 18.2 Å². The molecule has 2 rings (SSSR count). The first-order valence-corrected chi connectivity index (χ1v) is 8.61. The molecule has 3 nitrogen and oxygen atoms in total. The van der Waals surface area contributed by atoms with Crippen LogP contribution >= 0.6 is 0 Å². The Kier molecular flexibility index (Phi) is 5.28. The molecule has 1 aliphatic rings. The third-order valence-corrected chi connectivity index (χ3v) is 5.87. The highest BCUT2D eigenvalue weighted by Crippen LogP contribution is 2.51. The van der Waals surface area contributed by atoms with Gasteiger partial charge in [-0.3, -0.25) is 4.79 Å². The molecule has 1 fully saturated rings. The van der Waals surface area contributed by atoms with E-state index in [9.17, 15) is 9.59 Å². The first-order valence-electron chi connectivity index (χ1n) is 8.61. The van der Waals surface area contributed by atoms with Crippen molar-refractivity contribution < 1.29 is 14.3 Å². The Labute approximate surface area is 139 Å². The molecule has 2 atom stereocenters. The van der Waals surface area contributed by atoms with Crippen molar-refractivity contribution in [3.63, 3.8) is 0 Å². The van der Waals surface area contributed by atoms with E-state index in [1.54, 1.807) is 0 Å². The maximum absolute atomic E-state index is 12.4. The predicted octanol–water partition coefficient (Wildman–Crippen LogP) is 4.51. The molecule has 0 aromatic heterocycles. The highest BCUT2D eigenvalue weighted by atomic mass is 16.6. The summed E-state index contributed by atoms with van der Waals surface area (Å²) < 4.78 is 5.82. The summed E-state index contributed by atoms with van der Waals surface area (Å²) in [5.74, 6) is -0.0259. The van der Waals surface area contributed by atoms with Crippen LogP contribution in [0.25, 0.3) is 0 Å². The van der Waals surface area contributed by atoms with Crippen LogP contribution in [0, 0.1) is 10.8 Å². The molecule has 0 amide bonds. The number of hydrogen-bond donors (Lipinski definition) is 0. The van der Waals surface area contributed by atoms with Crippen molar-refractivity contribution >= 4 is 12.3 Å². The van der Waals surface area contributed by atoms with Gasteiger partial charge in [0.2, 0.25) is 0 Å². The van der Waals surface area contributed by atoms with Crippen LogP contribution in [0.4, 0.5) is 0 Å². The fourth-order valence-electron chi connectivity index (χ4n) is 3.85. The van der Waals surface area contributed by atoms with Gasteiger partial charge < -0.3 is 9.53 Å². The smallest absolute Gasteiger partial charge is 0.312 e. The van der Waals surface area contributed by atoms with Crippen LogP contribution in [0.15, 0.2) is 30.3 Å². The van der Waals surface area contributed by atoms with E-state index in [1.165, 1.54) is 0 Å². The van der Waals surface area contributed by atoms with Crippen LogP contribution in [-0.4, -0.2) is 18.4 Å². The van der Waals surface area contributed by atoms with Crippen molar-refractivity contribution in [3.8, 4) is 0 Å². The summed E-state index contributed by atoms with van der Waals surface area (Å²) in [5, 5.41) is 0. The Morgan fingerprint density at radius 3 is 2.35 bits per heavy atom. The molecule has 0 bridgehead atoms. The van der Waals surface area contributed by atoms with Gasteiger partial charge in [0.25, 0.3) is 0 Å². The van der Waals surface area contributed by atoms with Crippen LogP contribution in [-0.2, 0) is 14.3 Å². The molecule has 0 aliphatic carbocycles. The molecule has 1 aliphatic heterocycles. The SMILES string of the molecule is CCC1(CC)CC(C(C)(C)[C@H](CC=O)c2ccccc2)OC1=O. The number of carbonyl (C=O) groups excluding carboxylic acids is 2. The second kappa shape index (κ2) is 6.86. The molecular weight excluding hydrogens is 288 g/mol. The molecule has 1 aromatic carbocycles. The third kappa shape index (κ3) is 3.19. The third-order valence-electron chi connectivity index (χ3n) is 5.87. The molecule has 0 saturated carbocycles. The van der Waals surface area contributed by atoms with E-state index >= 15 is 0 Å². The van der Waals surface area contributed by atoms with Crippen LogP contribution in [0.5, 0.6) is 0 Å². The predicted molar refractivity (Wildman–Crippen MR) is 91.2 cm³/mol. The molecule has 3 heteroatoms. The minimum absolute atomic E-state index is 0.0449. The van der Waals surface area contributed by atoms with Crippen molar-refractivity contribution in [2.75, 3.05) is 0 Å². The van der Waals surface area contributed by atoms with Crippen molar-refractivity contribution in [3.05, 3.63) is 35.9 Å². The van der Waals surface area contributed by atoms with E-state index in [2.05, 4.69) is 39.8 Å². The monoisotopic (exact) mass is 316 g/mol. The Hall–Kier alpha value is -1.64. The first kappa shape index (κ1) is 17.7. The van der Waals surface area contributed by atoms with E-state index in [-0.39, 0.29) is 28.8 Å². The average Bonchev–Trinajstić information content (AvgIpc) is 2.91. The number of benzene rings is 1. The van der Waals surface area contributed by atoms with Gasteiger partial charge in [-0.25, -0.2) is 0 Å². The highest BCUT2D eigenvalue weighted by Gasteiger charge is 2.53. The minimum Gasteiger partial charge on any atom is -0.461 e. The maximum atomic E-state index is 12.4. The van der Waals surface area contributed by atoms with Crippen LogP contribution in [0.2, 0.25) is 0 Å². The number of aldehydes is 1. The van der Waals surface area contributed by atoms with Gasteiger partial charge in [-0.2, -0.15) is 0 Å². The quantitative estimate of drug-likeness (QED) is 0.549. The lowest BCUT2D eigenvalue weighted by Gasteiger charge is -2.38. The van der Waals surface area contributed by atoms with Gasteiger partial charge in [0, 0.05) is 18.3 Å². The fraction of sp³-hybridized carbons (Fsp3) is 0.600. The molecule has 0 N–H and O–H groups in total. The van der Waals surface area contributed by atoms with Gasteiger partial charge in [-0.05, 0) is 24.3 Å². The molecule has 1 heterocycles. The van der Waals surface area contributed by atoms with Gasteiger partial charge >= 0.3 is 5.97 Å². The van der Waals surface area contributed by atoms with Gasteiger partial charge in [0.05, 0.1) is 5.41 Å². The molecule has 0 radical (unpaired) electrons. The summed E-state index contributed by atoms with van der Waals surface area (Å²) in [5.41, 5.74) is 0.486. The Bertz CT molecular complexity index is 543. The molecule has 1 unspecified atom stereocenters. The lowest BCUT2D eigenvalue weighted by molar-refractivity contribution is -0.152. The Balaban J connectivity index is 2.32. The Morgan fingerprint density at radius 2 is 1.87 bits per heavy atom. The number of cyclic esters (lactones) is 1. The van der Waals surface area contributed by atoms with Crippen molar-refractivity contribution in [1.82, 2.24) is 0 Å². The van der Waals surface area contributed by atoms with Gasteiger partial charge in [-0.15, -0.1) is 0 Å². The number of carbonyl (C=O) groups is 2. The van der Waals surface area contributed by atoms with E-state index in [0.717, 1.165) is 31.1 Å². The van der Waals surface area contributed by atoms with Crippen LogP contribution in [0.3, 0.4) is 0 Å². The zero-order valence-electron chi connectivity index (χ0n) is 14.7. The molecule has 126 valence electrons. The Morgan fingerprint density at radius 1 is 1.26 bits per heavy atom. The van der Waals surface area contributed by atoms with E-state index in [4.69, 9.17) is 4.74 Å². The summed E-state index contributed by atoms with van der Waals surface area (Å²) in [6.45, 7) is 8.35. The van der Waals surface area contributed by atoms with Gasteiger partial charge in [0.1, 0.15) is 12.4 Å². The molecule has 1 saturated heterocycles. The fourth-order valence-corrected chi connectivity index (χ4v) is 3.85. The van der Waals surface area contributed by atoms with Crippen molar-refractivity contribution in [1.29, 1.82) is 0 Å². The molecule has 0 spiro atoms. The van der Waals surface area contributed by atoms with Crippen LogP contribution < -0.4 is 0 Å². The lowest BCUT2D eigenvalue weighted by atomic mass is 9.66. The lowest BCUT2D eigenvalue weighted by Crippen LogP contribution is -2.36. The second-order valence-corrected chi connectivity index (χ2v) is 7.27. The van der Waals surface area contributed by atoms with E-state index < -0.39 is 0 Å². The summed E-state index contributed by atoms with van der Waals surface area (Å²) in [6, 6.07) is 10.1. The second-order valence-electron chi connectivity index (χ2n) is 7.27. The van der Waals surface area contributed by atoms with Crippen molar-refractivity contribution in [2.45, 2.75) is 65.4 Å². The van der Waals surface area contributed by atoms with E-state index in [0.29, 0.717) is 6.42 Å².